The van der Waals surface area contributed by atoms with Gasteiger partial charge >= 0.3 is 5.97 Å². The van der Waals surface area contributed by atoms with Gasteiger partial charge < -0.3 is 19.7 Å². The number of methoxy groups -OCH3 is 2. The smallest absolute Gasteiger partial charge is 0.339 e. The van der Waals surface area contributed by atoms with Crippen LogP contribution in [-0.4, -0.2) is 42.2 Å². The highest BCUT2D eigenvalue weighted by atomic mass is 16.5. The molecule has 3 rings (SSSR count). The van der Waals surface area contributed by atoms with Gasteiger partial charge in [-0.3, -0.25) is 9.59 Å². The summed E-state index contributed by atoms with van der Waals surface area (Å²) in [4.78, 5) is 37.2. The second-order valence-electron chi connectivity index (χ2n) is 5.18. The average Bonchev–Trinajstić information content (AvgIpc) is 2.84. The molecule has 128 valence electrons. The number of amides is 2. The van der Waals surface area contributed by atoms with E-state index in [0.717, 1.165) is 17.0 Å². The van der Waals surface area contributed by atoms with E-state index in [0.29, 0.717) is 5.75 Å². The predicted molar refractivity (Wildman–Crippen MR) is 85.8 cm³/mol. The maximum atomic E-state index is 12.8. The summed E-state index contributed by atoms with van der Waals surface area (Å²) in [5.74, 6) is -2.70. The van der Waals surface area contributed by atoms with Crippen molar-refractivity contribution in [3.05, 3.63) is 47.0 Å². The topological polar surface area (TPSA) is 113 Å². The average molecular weight is 343 g/mol. The molecule has 8 nitrogen and oxygen atoms in total. The van der Waals surface area contributed by atoms with Gasteiger partial charge in [0.15, 0.2) is 11.5 Å². The second-order valence-corrected chi connectivity index (χ2v) is 5.18. The third kappa shape index (κ3) is 2.35. The minimum absolute atomic E-state index is 0.0497. The minimum atomic E-state index is -1.32. The molecule has 0 aromatic heterocycles. The molecule has 8 heteroatoms. The van der Waals surface area contributed by atoms with Crippen LogP contribution in [-0.2, 0) is 0 Å². The van der Waals surface area contributed by atoms with E-state index < -0.39 is 23.5 Å². The third-order valence-corrected chi connectivity index (χ3v) is 3.87. The first kappa shape index (κ1) is 16.3. The number of carbonyl (C=O) groups excluding carboxylic acids is 2. The lowest BCUT2D eigenvalue weighted by Crippen LogP contribution is -2.29. The molecule has 0 atom stereocenters. The van der Waals surface area contributed by atoms with E-state index in [4.69, 9.17) is 14.6 Å². The SMILES string of the molecule is COc1ccc2c(c1OC)C(=O)N(c1ccc(C(=O)O)c(O)c1)C2=O. The van der Waals surface area contributed by atoms with E-state index >= 15 is 0 Å². The van der Waals surface area contributed by atoms with E-state index in [-0.39, 0.29) is 28.1 Å². The summed E-state index contributed by atoms with van der Waals surface area (Å²) in [6.07, 6.45) is 0. The lowest BCUT2D eigenvalue weighted by Gasteiger charge is -2.15. The first-order chi connectivity index (χ1) is 11.9. The van der Waals surface area contributed by atoms with E-state index in [1.165, 1.54) is 32.4 Å². The zero-order chi connectivity index (χ0) is 18.3. The maximum Gasteiger partial charge on any atom is 0.339 e. The number of benzene rings is 2. The molecule has 2 amide bonds. The molecule has 0 radical (unpaired) electrons. The molecule has 0 spiro atoms. The van der Waals surface area contributed by atoms with Crippen molar-refractivity contribution in [2.45, 2.75) is 0 Å². The molecule has 25 heavy (non-hydrogen) atoms. The van der Waals surface area contributed by atoms with Crippen molar-refractivity contribution in [2.75, 3.05) is 19.1 Å². The number of aromatic hydroxyl groups is 1. The highest BCUT2D eigenvalue weighted by Gasteiger charge is 2.40. The Bertz CT molecular complexity index is 919. The summed E-state index contributed by atoms with van der Waals surface area (Å²) >= 11 is 0. The number of carboxylic acid groups (broad SMARTS) is 1. The van der Waals surface area contributed by atoms with Crippen LogP contribution in [0.5, 0.6) is 17.2 Å². The quantitative estimate of drug-likeness (QED) is 0.815. The monoisotopic (exact) mass is 343 g/mol. The fraction of sp³-hybridized carbons (Fsp3) is 0.118. The highest BCUT2D eigenvalue weighted by Crippen LogP contribution is 2.40. The van der Waals surface area contributed by atoms with E-state index in [1.54, 1.807) is 0 Å². The molecular weight excluding hydrogens is 330 g/mol. The van der Waals surface area contributed by atoms with Crippen molar-refractivity contribution >= 4 is 23.5 Å². The molecule has 0 fully saturated rings. The molecule has 2 aromatic carbocycles. The number of nitrogens with zero attached hydrogens (tertiary/aromatic N) is 1. The summed E-state index contributed by atoms with van der Waals surface area (Å²) < 4.78 is 10.3. The lowest BCUT2D eigenvalue weighted by atomic mass is 10.1. The Hall–Kier alpha value is -3.55. The summed E-state index contributed by atoms with van der Waals surface area (Å²) in [6, 6.07) is 6.40. The van der Waals surface area contributed by atoms with Gasteiger partial charge in [0.25, 0.3) is 11.8 Å². The highest BCUT2D eigenvalue weighted by molar-refractivity contribution is 6.35. The van der Waals surface area contributed by atoms with Gasteiger partial charge in [-0.1, -0.05) is 0 Å². The number of hydrogen-bond donors (Lipinski definition) is 2. The number of imide groups is 1. The minimum Gasteiger partial charge on any atom is -0.507 e. The Morgan fingerprint density at radius 2 is 1.76 bits per heavy atom. The van der Waals surface area contributed by atoms with Crippen LogP contribution in [0.2, 0.25) is 0 Å². The number of carboxylic acids is 1. The normalized spacial score (nSPS) is 13.0. The number of anilines is 1. The van der Waals surface area contributed by atoms with Crippen molar-refractivity contribution in [2.24, 2.45) is 0 Å². The van der Waals surface area contributed by atoms with Crippen LogP contribution < -0.4 is 14.4 Å². The van der Waals surface area contributed by atoms with Crippen LogP contribution in [0.3, 0.4) is 0 Å². The fourth-order valence-electron chi connectivity index (χ4n) is 2.72. The lowest BCUT2D eigenvalue weighted by molar-refractivity contribution is 0.0693. The number of hydrogen-bond acceptors (Lipinski definition) is 6. The molecule has 1 heterocycles. The first-order valence-electron chi connectivity index (χ1n) is 7.10. The number of ether oxygens (including phenoxy) is 2. The standard InChI is InChI=1S/C17H13NO7/c1-24-12-6-5-10-13(14(12)25-2)16(21)18(15(10)20)8-3-4-9(17(22)23)11(19)7-8/h3-7,19H,1-2H3,(H,22,23). The number of carbonyl (C=O) groups is 3. The number of fused-ring (bicyclic) bond motifs is 1. The molecule has 2 aromatic rings. The molecule has 2 N–H and O–H groups in total. The second kappa shape index (κ2) is 5.82. The Morgan fingerprint density at radius 3 is 2.32 bits per heavy atom. The van der Waals surface area contributed by atoms with Crippen molar-refractivity contribution in [3.8, 4) is 17.2 Å². The summed E-state index contributed by atoms with van der Waals surface area (Å²) in [7, 11) is 2.76. The van der Waals surface area contributed by atoms with Crippen LogP contribution in [0.25, 0.3) is 0 Å². The molecule has 0 bridgehead atoms. The van der Waals surface area contributed by atoms with Crippen LogP contribution >= 0.6 is 0 Å². The first-order valence-corrected chi connectivity index (χ1v) is 7.10. The largest absolute Gasteiger partial charge is 0.507 e. The third-order valence-electron chi connectivity index (χ3n) is 3.87. The Labute approximate surface area is 141 Å². The van der Waals surface area contributed by atoms with Gasteiger partial charge in [-0.15, -0.1) is 0 Å². The summed E-state index contributed by atoms with van der Waals surface area (Å²) in [6.45, 7) is 0. The van der Waals surface area contributed by atoms with E-state index in [2.05, 4.69) is 0 Å². The molecular formula is C17H13NO7. The summed E-state index contributed by atoms with van der Waals surface area (Å²) in [5.41, 5.74) is -0.104. The predicted octanol–water partition coefficient (Wildman–Crippen LogP) is 1.91. The molecule has 0 saturated heterocycles. The van der Waals surface area contributed by atoms with Gasteiger partial charge in [0.2, 0.25) is 0 Å². The van der Waals surface area contributed by atoms with Crippen molar-refractivity contribution in [3.63, 3.8) is 0 Å². The number of aromatic carboxylic acids is 1. The number of rotatable bonds is 4. The van der Waals surface area contributed by atoms with Crippen molar-refractivity contribution in [1.82, 2.24) is 0 Å². The Morgan fingerprint density at radius 1 is 1.04 bits per heavy atom. The molecule has 0 saturated carbocycles. The van der Waals surface area contributed by atoms with Crippen LogP contribution in [0.1, 0.15) is 31.1 Å². The maximum absolute atomic E-state index is 12.8. The Kier molecular flexibility index (Phi) is 3.80. The van der Waals surface area contributed by atoms with E-state index in [9.17, 15) is 19.5 Å². The van der Waals surface area contributed by atoms with Crippen LogP contribution in [0, 0.1) is 0 Å². The van der Waals surface area contributed by atoms with Crippen molar-refractivity contribution in [1.29, 1.82) is 0 Å². The van der Waals surface area contributed by atoms with Gasteiger partial charge in [0.05, 0.1) is 31.0 Å². The molecule has 0 aliphatic carbocycles. The fourth-order valence-corrected chi connectivity index (χ4v) is 2.72. The summed E-state index contributed by atoms with van der Waals surface area (Å²) in [5, 5.41) is 18.8. The van der Waals surface area contributed by atoms with Crippen LogP contribution in [0.4, 0.5) is 5.69 Å². The zero-order valence-corrected chi connectivity index (χ0v) is 13.3. The Balaban J connectivity index is 2.12. The zero-order valence-electron chi connectivity index (χ0n) is 13.3. The molecule has 1 aliphatic heterocycles. The van der Waals surface area contributed by atoms with Crippen LogP contribution in [0.15, 0.2) is 30.3 Å². The van der Waals surface area contributed by atoms with Gasteiger partial charge in [-0.05, 0) is 24.3 Å². The van der Waals surface area contributed by atoms with Crippen molar-refractivity contribution < 1.29 is 34.1 Å². The van der Waals surface area contributed by atoms with E-state index in [1.807, 2.05) is 0 Å². The molecule has 1 aliphatic rings. The van der Waals surface area contributed by atoms with Gasteiger partial charge in [-0.25, -0.2) is 9.69 Å². The van der Waals surface area contributed by atoms with Gasteiger partial charge in [0, 0.05) is 6.07 Å². The van der Waals surface area contributed by atoms with Gasteiger partial charge in [0.1, 0.15) is 11.3 Å². The molecule has 0 unspecified atom stereocenters. The van der Waals surface area contributed by atoms with Gasteiger partial charge in [-0.2, -0.15) is 0 Å². The number of phenols is 1.